The molecule has 1 aromatic heterocycles. The molecule has 9 heteroatoms. The molecule has 0 unspecified atom stereocenters. The van der Waals surface area contributed by atoms with E-state index in [1.807, 2.05) is 62.1 Å². The summed E-state index contributed by atoms with van der Waals surface area (Å²) in [7, 11) is 3.99. The first-order chi connectivity index (χ1) is 13.4. The molecular weight excluding hydrogens is 505 g/mol. The van der Waals surface area contributed by atoms with Crippen LogP contribution in [0.3, 0.4) is 0 Å². The minimum atomic E-state index is -0.490. The first-order valence-electron chi connectivity index (χ1n) is 9.19. The summed E-state index contributed by atoms with van der Waals surface area (Å²) in [6.45, 7) is 4.09. The van der Waals surface area contributed by atoms with Crippen LogP contribution in [0, 0.1) is 0 Å². The van der Waals surface area contributed by atoms with Gasteiger partial charge in [-0.05, 0) is 37.1 Å². The summed E-state index contributed by atoms with van der Waals surface area (Å²) < 4.78 is 7.28. The molecule has 1 aromatic carbocycles. The molecule has 2 aromatic rings. The fourth-order valence-electron chi connectivity index (χ4n) is 2.71. The van der Waals surface area contributed by atoms with Gasteiger partial charge < -0.3 is 25.3 Å². The molecule has 0 aliphatic rings. The molecule has 2 rings (SSSR count). The van der Waals surface area contributed by atoms with Gasteiger partial charge in [-0.3, -0.25) is 9.79 Å². The number of hydrogen-bond acceptors (Lipinski definition) is 3. The Balaban J connectivity index is 0.00000420. The second kappa shape index (κ2) is 12.6. The fourth-order valence-corrected chi connectivity index (χ4v) is 2.98. The van der Waals surface area contributed by atoms with Gasteiger partial charge >= 0.3 is 0 Å². The maximum Gasteiger partial charge on any atom is 0.255 e. The van der Waals surface area contributed by atoms with E-state index in [-0.39, 0.29) is 30.6 Å². The second-order valence-electron chi connectivity index (χ2n) is 6.50. The Morgan fingerprint density at radius 2 is 2.03 bits per heavy atom. The molecule has 29 heavy (non-hydrogen) atoms. The fraction of sp³-hybridized carbons (Fsp3) is 0.400. The molecule has 1 amide bonds. The molecule has 3 N–H and O–H groups in total. The van der Waals surface area contributed by atoms with Crippen molar-refractivity contribution in [2.45, 2.75) is 19.9 Å². The van der Waals surface area contributed by atoms with Gasteiger partial charge in [-0.2, -0.15) is 0 Å². The number of aryl methyl sites for hydroxylation is 1. The highest BCUT2D eigenvalue weighted by Gasteiger charge is 2.09. The molecule has 0 fully saturated rings. The SMILES string of the molecule is CCNC(=NCCc1ccc(OCC(N)=O)cc1)N(C)Cc1cc(Cl)cn1C.I. The number of aliphatic imine (C=N–C) groups is 1. The van der Waals surface area contributed by atoms with Crippen LogP contribution in [-0.2, 0) is 24.8 Å². The lowest BCUT2D eigenvalue weighted by molar-refractivity contribution is -0.119. The molecule has 160 valence electrons. The van der Waals surface area contributed by atoms with E-state index in [1.54, 1.807) is 0 Å². The average molecular weight is 534 g/mol. The number of carbonyl (C=O) groups excluding carboxylic acids is 1. The van der Waals surface area contributed by atoms with E-state index in [1.165, 1.54) is 0 Å². The van der Waals surface area contributed by atoms with Crippen molar-refractivity contribution in [2.75, 3.05) is 26.7 Å². The van der Waals surface area contributed by atoms with Crippen LogP contribution in [0.25, 0.3) is 0 Å². The number of nitrogens with zero attached hydrogens (tertiary/aromatic N) is 3. The highest BCUT2D eigenvalue weighted by molar-refractivity contribution is 14.0. The highest BCUT2D eigenvalue weighted by atomic mass is 127. The Morgan fingerprint density at radius 3 is 2.59 bits per heavy atom. The van der Waals surface area contributed by atoms with Gasteiger partial charge in [0.15, 0.2) is 12.6 Å². The minimum Gasteiger partial charge on any atom is -0.484 e. The van der Waals surface area contributed by atoms with Crippen molar-refractivity contribution >= 4 is 47.4 Å². The van der Waals surface area contributed by atoms with Gasteiger partial charge in [-0.25, -0.2) is 0 Å². The summed E-state index contributed by atoms with van der Waals surface area (Å²) in [6, 6.07) is 9.56. The van der Waals surface area contributed by atoms with Crippen LogP contribution in [0.15, 0.2) is 41.5 Å². The molecule has 0 aliphatic carbocycles. The maximum absolute atomic E-state index is 10.8. The van der Waals surface area contributed by atoms with E-state index in [4.69, 9.17) is 27.1 Å². The van der Waals surface area contributed by atoms with E-state index in [0.29, 0.717) is 18.8 Å². The number of nitrogens with two attached hydrogens (primary N) is 1. The number of halogens is 2. The third kappa shape index (κ3) is 8.53. The van der Waals surface area contributed by atoms with Crippen LogP contribution in [0.1, 0.15) is 18.2 Å². The predicted octanol–water partition coefficient (Wildman–Crippen LogP) is 2.80. The normalized spacial score (nSPS) is 11.0. The standard InChI is InChI=1S/C20H28ClN5O2.HI/c1-4-23-20(26(3)13-17-11-16(21)12-25(17)2)24-10-9-15-5-7-18(8-6-15)28-14-19(22)27;/h5-8,11-12H,4,9-10,13-14H2,1-3H3,(H2,22,27)(H,23,24);1H. The van der Waals surface area contributed by atoms with E-state index in [0.717, 1.165) is 35.2 Å². The minimum absolute atomic E-state index is 0. The molecule has 7 nitrogen and oxygen atoms in total. The summed E-state index contributed by atoms with van der Waals surface area (Å²) in [5.74, 6) is 0.984. The third-order valence-corrected chi connectivity index (χ3v) is 4.34. The van der Waals surface area contributed by atoms with Crippen molar-refractivity contribution in [1.82, 2.24) is 14.8 Å². The second-order valence-corrected chi connectivity index (χ2v) is 6.94. The van der Waals surface area contributed by atoms with Gasteiger partial charge in [0, 0.05) is 39.1 Å². The zero-order chi connectivity index (χ0) is 20.5. The molecule has 0 spiro atoms. The van der Waals surface area contributed by atoms with Gasteiger partial charge in [0.25, 0.3) is 5.91 Å². The summed E-state index contributed by atoms with van der Waals surface area (Å²) in [5.41, 5.74) is 7.33. The monoisotopic (exact) mass is 533 g/mol. The molecule has 0 atom stereocenters. The quantitative estimate of drug-likeness (QED) is 0.295. The van der Waals surface area contributed by atoms with Crippen LogP contribution in [-0.4, -0.2) is 48.1 Å². The van der Waals surface area contributed by atoms with Crippen molar-refractivity contribution in [3.05, 3.63) is 52.8 Å². The maximum atomic E-state index is 10.8. The van der Waals surface area contributed by atoms with E-state index < -0.39 is 5.91 Å². The van der Waals surface area contributed by atoms with Crippen molar-refractivity contribution in [1.29, 1.82) is 0 Å². The molecular formula is C20H29ClIN5O2. The van der Waals surface area contributed by atoms with Crippen LogP contribution in [0.4, 0.5) is 0 Å². The van der Waals surface area contributed by atoms with Gasteiger partial charge in [0.1, 0.15) is 5.75 Å². The van der Waals surface area contributed by atoms with E-state index in [9.17, 15) is 4.79 Å². The Hall–Kier alpha value is -1.94. The molecule has 1 heterocycles. The van der Waals surface area contributed by atoms with Crippen LogP contribution in [0.2, 0.25) is 5.02 Å². The van der Waals surface area contributed by atoms with Crippen LogP contribution < -0.4 is 15.8 Å². The predicted molar refractivity (Wildman–Crippen MR) is 128 cm³/mol. The topological polar surface area (TPSA) is 84.9 Å². The zero-order valence-electron chi connectivity index (χ0n) is 17.0. The Kier molecular flexibility index (Phi) is 10.9. The molecule has 0 radical (unpaired) electrons. The lowest BCUT2D eigenvalue weighted by atomic mass is 10.1. The van der Waals surface area contributed by atoms with Crippen molar-refractivity contribution in [3.63, 3.8) is 0 Å². The first kappa shape index (κ1) is 25.1. The smallest absolute Gasteiger partial charge is 0.255 e. The Bertz CT molecular complexity index is 808. The summed E-state index contributed by atoms with van der Waals surface area (Å²) in [5, 5.41) is 4.05. The largest absolute Gasteiger partial charge is 0.484 e. The molecule has 0 aliphatic heterocycles. The number of ether oxygens (including phenoxy) is 1. The summed E-state index contributed by atoms with van der Waals surface area (Å²) >= 11 is 6.07. The number of nitrogens with one attached hydrogen (secondary N) is 1. The zero-order valence-corrected chi connectivity index (χ0v) is 20.1. The number of guanidine groups is 1. The average Bonchev–Trinajstić information content (AvgIpc) is 2.97. The number of benzene rings is 1. The van der Waals surface area contributed by atoms with Crippen LogP contribution >= 0.6 is 35.6 Å². The third-order valence-electron chi connectivity index (χ3n) is 4.14. The summed E-state index contributed by atoms with van der Waals surface area (Å²) in [4.78, 5) is 17.6. The molecule has 0 saturated carbocycles. The van der Waals surface area contributed by atoms with Crippen LogP contribution in [0.5, 0.6) is 5.75 Å². The van der Waals surface area contributed by atoms with Gasteiger partial charge in [-0.15, -0.1) is 24.0 Å². The molecule has 0 bridgehead atoms. The van der Waals surface area contributed by atoms with Crippen molar-refractivity contribution < 1.29 is 9.53 Å². The lowest BCUT2D eigenvalue weighted by Crippen LogP contribution is -2.39. The first-order valence-corrected chi connectivity index (χ1v) is 9.57. The highest BCUT2D eigenvalue weighted by Crippen LogP contribution is 2.15. The van der Waals surface area contributed by atoms with Gasteiger partial charge in [0.2, 0.25) is 0 Å². The number of rotatable bonds is 9. The van der Waals surface area contributed by atoms with E-state index in [2.05, 4.69) is 10.2 Å². The van der Waals surface area contributed by atoms with E-state index >= 15 is 0 Å². The Labute approximate surface area is 194 Å². The lowest BCUT2D eigenvalue weighted by Gasteiger charge is -2.22. The van der Waals surface area contributed by atoms with Gasteiger partial charge in [0.05, 0.1) is 11.6 Å². The number of carbonyl (C=O) groups is 1. The summed E-state index contributed by atoms with van der Waals surface area (Å²) in [6.07, 6.45) is 2.69. The number of amides is 1. The Morgan fingerprint density at radius 1 is 1.34 bits per heavy atom. The number of aromatic nitrogens is 1. The molecule has 0 saturated heterocycles. The van der Waals surface area contributed by atoms with Gasteiger partial charge in [-0.1, -0.05) is 23.7 Å². The van der Waals surface area contributed by atoms with Crippen molar-refractivity contribution in [3.8, 4) is 5.75 Å². The van der Waals surface area contributed by atoms with Crippen molar-refractivity contribution in [2.24, 2.45) is 17.8 Å². The number of hydrogen-bond donors (Lipinski definition) is 2. The number of primary amides is 1.